The Balaban J connectivity index is 0.000000257. The Hall–Kier alpha value is -2.64. The molecule has 1 aliphatic rings. The molecule has 1 aromatic carbocycles. The number of hydrogen-bond acceptors (Lipinski definition) is 6. The minimum Gasteiger partial charge on any atom is -0.495 e. The van der Waals surface area contributed by atoms with E-state index in [0.717, 1.165) is 35.0 Å². The van der Waals surface area contributed by atoms with E-state index < -0.39 is 0 Å². The van der Waals surface area contributed by atoms with E-state index in [-0.39, 0.29) is 0 Å². The standard InChI is InChI=1S/C19H20N4OS.C8H17N/c1-5-13-9-14(17-19(20-3)21-10-22-23(13)17)16-8-12-6-11(2)7-15(24-4)18(12)25-16;1-3-8-4-6-9(2)7-5-8/h6-10H,5H2,1-4H3,(H,20,21,22);8H,3-7H2,1-2H3. The van der Waals surface area contributed by atoms with Crippen LogP contribution in [0.25, 0.3) is 26.0 Å². The number of benzene rings is 1. The molecule has 0 saturated carbocycles. The van der Waals surface area contributed by atoms with Crippen LogP contribution in [0.5, 0.6) is 5.75 Å². The second kappa shape index (κ2) is 10.7. The van der Waals surface area contributed by atoms with Crippen LogP contribution in [0, 0.1) is 12.8 Å². The summed E-state index contributed by atoms with van der Waals surface area (Å²) < 4.78 is 8.74. The lowest BCUT2D eigenvalue weighted by atomic mass is 9.95. The number of fused-ring (bicyclic) bond motifs is 2. The quantitative estimate of drug-likeness (QED) is 0.366. The number of likely N-dealkylation sites (tertiary alicyclic amines) is 1. The summed E-state index contributed by atoms with van der Waals surface area (Å²) in [7, 11) is 5.83. The summed E-state index contributed by atoms with van der Waals surface area (Å²) in [5, 5.41) is 8.85. The van der Waals surface area contributed by atoms with Gasteiger partial charge in [0.15, 0.2) is 5.82 Å². The molecule has 7 heteroatoms. The second-order valence-corrected chi connectivity index (χ2v) is 10.2. The highest BCUT2D eigenvalue weighted by Crippen LogP contribution is 2.42. The molecule has 1 N–H and O–H groups in total. The van der Waals surface area contributed by atoms with Gasteiger partial charge in [0.1, 0.15) is 17.6 Å². The van der Waals surface area contributed by atoms with Gasteiger partial charge in [-0.15, -0.1) is 11.3 Å². The number of methoxy groups -OCH3 is 1. The number of piperidine rings is 1. The van der Waals surface area contributed by atoms with Gasteiger partial charge in [-0.05, 0) is 81.4 Å². The van der Waals surface area contributed by atoms with Gasteiger partial charge in [0.05, 0.1) is 11.8 Å². The summed E-state index contributed by atoms with van der Waals surface area (Å²) in [5.74, 6) is 2.79. The molecule has 182 valence electrons. The molecule has 0 radical (unpaired) electrons. The maximum atomic E-state index is 5.58. The van der Waals surface area contributed by atoms with E-state index in [1.54, 1.807) is 24.8 Å². The van der Waals surface area contributed by atoms with E-state index in [1.807, 2.05) is 11.6 Å². The van der Waals surface area contributed by atoms with E-state index in [1.165, 1.54) is 58.6 Å². The predicted octanol–water partition coefficient (Wildman–Crippen LogP) is 6.27. The first-order valence-corrected chi connectivity index (χ1v) is 13.1. The average molecular weight is 480 g/mol. The Bertz CT molecular complexity index is 1250. The van der Waals surface area contributed by atoms with Gasteiger partial charge in [-0.25, -0.2) is 9.50 Å². The number of nitrogens with one attached hydrogen (secondary N) is 1. The summed E-state index contributed by atoms with van der Waals surface area (Å²) in [6.45, 7) is 9.17. The van der Waals surface area contributed by atoms with Crippen molar-refractivity contribution in [3.05, 3.63) is 41.9 Å². The smallest absolute Gasteiger partial charge is 0.154 e. The van der Waals surface area contributed by atoms with Gasteiger partial charge in [0, 0.05) is 23.2 Å². The molecule has 4 heterocycles. The summed E-state index contributed by atoms with van der Waals surface area (Å²) in [5.41, 5.74) is 4.54. The zero-order valence-electron chi connectivity index (χ0n) is 21.3. The molecular weight excluding hydrogens is 442 g/mol. The molecule has 0 amide bonds. The molecule has 0 atom stereocenters. The lowest BCUT2D eigenvalue weighted by Crippen LogP contribution is -2.29. The van der Waals surface area contributed by atoms with Crippen LogP contribution in [0.15, 0.2) is 30.6 Å². The van der Waals surface area contributed by atoms with Gasteiger partial charge in [-0.2, -0.15) is 5.10 Å². The van der Waals surface area contributed by atoms with E-state index in [9.17, 15) is 0 Å². The van der Waals surface area contributed by atoms with Crippen LogP contribution in [0.3, 0.4) is 0 Å². The highest BCUT2D eigenvalue weighted by molar-refractivity contribution is 7.22. The van der Waals surface area contributed by atoms with Gasteiger partial charge in [-0.3, -0.25) is 0 Å². The minimum absolute atomic E-state index is 0.838. The van der Waals surface area contributed by atoms with Crippen molar-refractivity contribution >= 4 is 32.8 Å². The maximum absolute atomic E-state index is 5.58. The first-order valence-electron chi connectivity index (χ1n) is 12.3. The first kappa shape index (κ1) is 24.5. The van der Waals surface area contributed by atoms with Crippen molar-refractivity contribution < 1.29 is 4.74 Å². The lowest BCUT2D eigenvalue weighted by Gasteiger charge is -2.27. The van der Waals surface area contributed by atoms with Crippen molar-refractivity contribution in [2.45, 2.75) is 46.5 Å². The Morgan fingerprint density at radius 3 is 2.56 bits per heavy atom. The van der Waals surface area contributed by atoms with Crippen LogP contribution in [0.1, 0.15) is 44.4 Å². The molecule has 0 aliphatic carbocycles. The van der Waals surface area contributed by atoms with E-state index in [4.69, 9.17) is 4.74 Å². The zero-order valence-corrected chi connectivity index (χ0v) is 22.1. The van der Waals surface area contributed by atoms with Crippen LogP contribution in [-0.4, -0.2) is 53.8 Å². The summed E-state index contributed by atoms with van der Waals surface area (Å²) >= 11 is 1.75. The molecule has 1 aliphatic heterocycles. The predicted molar refractivity (Wildman–Crippen MR) is 145 cm³/mol. The molecule has 5 rings (SSSR count). The first-order chi connectivity index (χ1) is 16.5. The molecule has 6 nitrogen and oxygen atoms in total. The maximum Gasteiger partial charge on any atom is 0.154 e. The Labute approximate surface area is 207 Å². The Morgan fingerprint density at radius 2 is 1.91 bits per heavy atom. The van der Waals surface area contributed by atoms with Crippen molar-refractivity contribution in [3.8, 4) is 16.2 Å². The number of aryl methyl sites for hydroxylation is 2. The van der Waals surface area contributed by atoms with Gasteiger partial charge in [-0.1, -0.05) is 26.3 Å². The summed E-state index contributed by atoms with van der Waals surface area (Å²) in [6.07, 6.45) is 6.74. The Kier molecular flexibility index (Phi) is 7.73. The van der Waals surface area contributed by atoms with Crippen molar-refractivity contribution in [3.63, 3.8) is 0 Å². The molecule has 0 spiro atoms. The third-order valence-electron chi connectivity index (χ3n) is 6.85. The molecule has 3 aromatic heterocycles. The molecule has 4 aromatic rings. The van der Waals surface area contributed by atoms with E-state index >= 15 is 0 Å². The van der Waals surface area contributed by atoms with E-state index in [0.29, 0.717) is 0 Å². The number of rotatable bonds is 5. The van der Waals surface area contributed by atoms with Crippen molar-refractivity contribution in [2.24, 2.45) is 5.92 Å². The second-order valence-electron chi connectivity index (χ2n) is 9.17. The van der Waals surface area contributed by atoms with Crippen LogP contribution >= 0.6 is 11.3 Å². The van der Waals surface area contributed by atoms with Gasteiger partial charge >= 0.3 is 0 Å². The fourth-order valence-corrected chi connectivity index (χ4v) is 5.90. The van der Waals surface area contributed by atoms with Crippen LogP contribution in [-0.2, 0) is 6.42 Å². The topological polar surface area (TPSA) is 54.7 Å². The van der Waals surface area contributed by atoms with E-state index in [2.05, 4.69) is 72.4 Å². The number of nitrogens with zero attached hydrogens (tertiary/aromatic N) is 4. The average Bonchev–Trinajstić information content (AvgIpc) is 3.45. The molecule has 0 unspecified atom stereocenters. The fraction of sp³-hybridized carbons (Fsp3) is 0.481. The van der Waals surface area contributed by atoms with Gasteiger partial charge in [0.25, 0.3) is 0 Å². The summed E-state index contributed by atoms with van der Waals surface area (Å²) in [4.78, 5) is 8.02. The number of aromatic nitrogens is 3. The number of thiophene rings is 1. The SMILES string of the molecule is CCC1CCN(C)CC1.CCc1cc(-c2cc3cc(C)cc(OC)c3s2)c2c(NC)ncnn12. The Morgan fingerprint density at radius 1 is 1.15 bits per heavy atom. The number of ether oxygens (including phenoxy) is 1. The molecular formula is C27H37N5OS. The third kappa shape index (κ3) is 4.91. The third-order valence-corrected chi connectivity index (χ3v) is 8.05. The zero-order chi connectivity index (χ0) is 24.2. The lowest BCUT2D eigenvalue weighted by molar-refractivity contribution is 0.216. The summed E-state index contributed by atoms with van der Waals surface area (Å²) in [6, 6.07) is 8.73. The number of hydrogen-bond donors (Lipinski definition) is 1. The van der Waals surface area contributed by atoms with Crippen molar-refractivity contribution in [1.29, 1.82) is 0 Å². The normalized spacial score (nSPS) is 14.9. The highest BCUT2D eigenvalue weighted by Gasteiger charge is 2.18. The van der Waals surface area contributed by atoms with Crippen molar-refractivity contribution in [2.75, 3.05) is 39.6 Å². The largest absolute Gasteiger partial charge is 0.495 e. The van der Waals surface area contributed by atoms with Crippen molar-refractivity contribution in [1.82, 2.24) is 19.5 Å². The number of anilines is 1. The van der Waals surface area contributed by atoms with Crippen LogP contribution in [0.4, 0.5) is 5.82 Å². The van der Waals surface area contributed by atoms with Crippen LogP contribution < -0.4 is 10.1 Å². The monoisotopic (exact) mass is 479 g/mol. The van der Waals surface area contributed by atoms with Crippen LogP contribution in [0.2, 0.25) is 0 Å². The molecule has 34 heavy (non-hydrogen) atoms. The molecule has 1 saturated heterocycles. The van der Waals surface area contributed by atoms with Gasteiger partial charge in [0.2, 0.25) is 0 Å². The van der Waals surface area contributed by atoms with Gasteiger partial charge < -0.3 is 15.0 Å². The molecule has 0 bridgehead atoms. The molecule has 1 fully saturated rings. The fourth-order valence-electron chi connectivity index (χ4n) is 4.75. The minimum atomic E-state index is 0.838. The highest BCUT2D eigenvalue weighted by atomic mass is 32.1.